The van der Waals surface area contributed by atoms with E-state index < -0.39 is 0 Å². The van der Waals surface area contributed by atoms with Gasteiger partial charge in [-0.2, -0.15) is 11.8 Å². The molecule has 2 rings (SSSR count). The van der Waals surface area contributed by atoms with Crippen LogP contribution >= 0.6 is 23.4 Å². The van der Waals surface area contributed by atoms with E-state index in [0.717, 1.165) is 10.6 Å². The fourth-order valence-electron chi connectivity index (χ4n) is 2.15. The van der Waals surface area contributed by atoms with Crippen LogP contribution in [0.2, 0.25) is 5.02 Å². The molecule has 1 saturated heterocycles. The van der Waals surface area contributed by atoms with Gasteiger partial charge in [0.05, 0.1) is 6.10 Å². The van der Waals surface area contributed by atoms with Gasteiger partial charge in [-0.3, -0.25) is 0 Å². The molecule has 1 aromatic carbocycles. The van der Waals surface area contributed by atoms with Crippen molar-refractivity contribution in [3.63, 3.8) is 0 Å². The van der Waals surface area contributed by atoms with Gasteiger partial charge in [0.25, 0.3) is 0 Å². The summed E-state index contributed by atoms with van der Waals surface area (Å²) in [6, 6.07) is 6.24. The number of hydrogen-bond donors (Lipinski definition) is 1. The maximum atomic E-state index is 9.33. The van der Waals surface area contributed by atoms with Crippen LogP contribution in [0.4, 0.5) is 0 Å². The van der Waals surface area contributed by atoms with Crippen molar-refractivity contribution in [2.24, 2.45) is 0 Å². The summed E-state index contributed by atoms with van der Waals surface area (Å²) < 4.78 is 0. The quantitative estimate of drug-likeness (QED) is 0.894. The summed E-state index contributed by atoms with van der Waals surface area (Å²) in [5.41, 5.74) is 2.40. The Hall–Kier alpha value is -0.180. The summed E-state index contributed by atoms with van der Waals surface area (Å²) in [4.78, 5) is 0. The van der Waals surface area contributed by atoms with Gasteiger partial charge in [0.2, 0.25) is 0 Å². The van der Waals surface area contributed by atoms with Crippen molar-refractivity contribution in [3.05, 3.63) is 34.3 Å². The molecule has 0 radical (unpaired) electrons. The first-order chi connectivity index (χ1) is 7.66. The molecule has 1 aromatic rings. The van der Waals surface area contributed by atoms with Gasteiger partial charge in [0, 0.05) is 10.8 Å². The molecule has 16 heavy (non-hydrogen) atoms. The lowest BCUT2D eigenvalue weighted by Gasteiger charge is -2.13. The number of aliphatic hydroxyl groups excluding tert-OH is 1. The van der Waals surface area contributed by atoms with Gasteiger partial charge in [-0.15, -0.1) is 0 Å². The van der Waals surface area contributed by atoms with Crippen molar-refractivity contribution >= 4 is 23.4 Å². The highest BCUT2D eigenvalue weighted by molar-refractivity contribution is 7.99. The zero-order valence-corrected chi connectivity index (χ0v) is 11.0. The topological polar surface area (TPSA) is 20.2 Å². The molecule has 1 aliphatic heterocycles. The molecule has 0 spiro atoms. The van der Waals surface area contributed by atoms with Gasteiger partial charge in [-0.25, -0.2) is 0 Å². The summed E-state index contributed by atoms with van der Waals surface area (Å²) in [5.74, 6) is 3.06. The number of hydrogen-bond acceptors (Lipinski definition) is 2. The Morgan fingerprint density at radius 3 is 2.94 bits per heavy atom. The van der Waals surface area contributed by atoms with E-state index in [0.29, 0.717) is 12.3 Å². The Balaban J connectivity index is 2.15. The largest absolute Gasteiger partial charge is 0.393 e. The van der Waals surface area contributed by atoms with Gasteiger partial charge in [-0.1, -0.05) is 23.7 Å². The zero-order chi connectivity index (χ0) is 11.5. The minimum absolute atomic E-state index is 0.302. The molecule has 0 bridgehead atoms. The average molecular weight is 257 g/mol. The van der Waals surface area contributed by atoms with E-state index in [1.807, 2.05) is 17.8 Å². The van der Waals surface area contributed by atoms with Crippen molar-refractivity contribution in [1.29, 1.82) is 0 Å². The normalized spacial score (nSPS) is 22.3. The molecule has 1 heterocycles. The molecule has 1 aliphatic rings. The third kappa shape index (κ3) is 2.93. The highest BCUT2D eigenvalue weighted by Crippen LogP contribution is 2.36. The number of aliphatic hydroxyl groups is 1. The third-order valence-corrected chi connectivity index (χ3v) is 4.46. The Kier molecular flexibility index (Phi) is 4.17. The molecule has 2 atom stereocenters. The summed E-state index contributed by atoms with van der Waals surface area (Å²) in [6.45, 7) is 1.80. The highest BCUT2D eigenvalue weighted by Gasteiger charge is 2.19. The number of halogens is 1. The molecule has 0 aliphatic carbocycles. The van der Waals surface area contributed by atoms with Crippen LogP contribution in [-0.4, -0.2) is 22.7 Å². The van der Waals surface area contributed by atoms with E-state index in [1.165, 1.54) is 23.5 Å². The van der Waals surface area contributed by atoms with Crippen molar-refractivity contribution in [2.75, 3.05) is 11.5 Å². The molecular weight excluding hydrogens is 240 g/mol. The molecule has 2 unspecified atom stereocenters. The van der Waals surface area contributed by atoms with E-state index in [1.54, 1.807) is 6.92 Å². The molecular formula is C13H17ClOS. The van der Waals surface area contributed by atoms with Crippen LogP contribution in [0.15, 0.2) is 18.2 Å². The first kappa shape index (κ1) is 12.3. The Morgan fingerprint density at radius 2 is 2.38 bits per heavy atom. The second kappa shape index (κ2) is 5.44. The summed E-state index contributed by atoms with van der Waals surface area (Å²) >= 11 is 8.30. The predicted molar refractivity (Wildman–Crippen MR) is 71.5 cm³/mol. The summed E-state index contributed by atoms with van der Waals surface area (Å²) in [6.07, 6.45) is 1.61. The van der Waals surface area contributed by atoms with E-state index >= 15 is 0 Å². The van der Waals surface area contributed by atoms with Gasteiger partial charge in [-0.05, 0) is 48.6 Å². The number of benzene rings is 1. The number of rotatable bonds is 3. The predicted octanol–water partition coefficient (Wildman–Crippen LogP) is 3.48. The maximum Gasteiger partial charge on any atom is 0.0552 e. The summed E-state index contributed by atoms with van der Waals surface area (Å²) in [5, 5.41) is 10.2. The SMILES string of the molecule is CC(O)Cc1ccc(C2CCSC2)c(Cl)c1. The van der Waals surface area contributed by atoms with Gasteiger partial charge < -0.3 is 5.11 Å². The molecule has 0 aromatic heterocycles. The first-order valence-corrected chi connectivity index (χ1v) is 7.24. The Bertz CT molecular complexity index is 359. The molecule has 0 amide bonds. The van der Waals surface area contributed by atoms with Crippen LogP contribution in [0, 0.1) is 0 Å². The van der Waals surface area contributed by atoms with E-state index in [-0.39, 0.29) is 6.10 Å². The minimum Gasteiger partial charge on any atom is -0.393 e. The van der Waals surface area contributed by atoms with Gasteiger partial charge in [0.1, 0.15) is 0 Å². The maximum absolute atomic E-state index is 9.33. The smallest absolute Gasteiger partial charge is 0.0552 e. The highest BCUT2D eigenvalue weighted by atomic mass is 35.5. The lowest BCUT2D eigenvalue weighted by atomic mass is 9.96. The number of thioether (sulfide) groups is 1. The molecule has 88 valence electrons. The Labute approximate surface area is 106 Å². The van der Waals surface area contributed by atoms with E-state index in [4.69, 9.17) is 11.6 Å². The monoisotopic (exact) mass is 256 g/mol. The van der Waals surface area contributed by atoms with Crippen molar-refractivity contribution in [1.82, 2.24) is 0 Å². The van der Waals surface area contributed by atoms with Crippen molar-refractivity contribution in [3.8, 4) is 0 Å². The fraction of sp³-hybridized carbons (Fsp3) is 0.538. The second-order valence-electron chi connectivity index (χ2n) is 4.47. The van der Waals surface area contributed by atoms with Crippen LogP contribution in [-0.2, 0) is 6.42 Å². The molecule has 0 saturated carbocycles. The minimum atomic E-state index is -0.302. The molecule has 1 fully saturated rings. The molecule has 1 N–H and O–H groups in total. The van der Waals surface area contributed by atoms with Gasteiger partial charge >= 0.3 is 0 Å². The zero-order valence-electron chi connectivity index (χ0n) is 9.45. The standard InChI is InChI=1S/C13H17ClOS/c1-9(15)6-10-2-3-12(13(14)7-10)11-4-5-16-8-11/h2-3,7,9,11,15H,4-6,8H2,1H3. The lowest BCUT2D eigenvalue weighted by Crippen LogP contribution is -2.05. The van der Waals surface area contributed by atoms with Crippen molar-refractivity contribution in [2.45, 2.75) is 31.8 Å². The van der Waals surface area contributed by atoms with E-state index in [9.17, 15) is 5.11 Å². The summed E-state index contributed by atoms with van der Waals surface area (Å²) in [7, 11) is 0. The third-order valence-electron chi connectivity index (χ3n) is 2.97. The van der Waals surface area contributed by atoms with Crippen molar-refractivity contribution < 1.29 is 5.11 Å². The van der Waals surface area contributed by atoms with Crippen LogP contribution in [0.25, 0.3) is 0 Å². The second-order valence-corrected chi connectivity index (χ2v) is 6.03. The molecule has 1 nitrogen and oxygen atoms in total. The van der Waals surface area contributed by atoms with E-state index in [2.05, 4.69) is 12.1 Å². The lowest BCUT2D eigenvalue weighted by molar-refractivity contribution is 0.195. The first-order valence-electron chi connectivity index (χ1n) is 5.71. The van der Waals surface area contributed by atoms with Gasteiger partial charge in [0.15, 0.2) is 0 Å². The van der Waals surface area contributed by atoms with Crippen LogP contribution < -0.4 is 0 Å². The average Bonchev–Trinajstić information content (AvgIpc) is 2.69. The van der Waals surface area contributed by atoms with Crippen LogP contribution in [0.3, 0.4) is 0 Å². The van der Waals surface area contributed by atoms with Crippen LogP contribution in [0.5, 0.6) is 0 Å². The Morgan fingerprint density at radius 1 is 1.56 bits per heavy atom. The fourth-order valence-corrected chi connectivity index (χ4v) is 3.76. The molecule has 3 heteroatoms. The van der Waals surface area contributed by atoms with Crippen LogP contribution in [0.1, 0.15) is 30.4 Å².